The van der Waals surface area contributed by atoms with Crippen molar-refractivity contribution in [1.82, 2.24) is 14.5 Å². The van der Waals surface area contributed by atoms with Gasteiger partial charge in [0.15, 0.2) is 5.65 Å². The molecule has 1 saturated carbocycles. The Morgan fingerprint density at radius 3 is 2.49 bits per heavy atom. The molecule has 0 unspecified atom stereocenters. The van der Waals surface area contributed by atoms with Crippen LogP contribution in [0.15, 0.2) is 30.3 Å². The number of anilines is 2. The predicted octanol–water partition coefficient (Wildman–Crippen LogP) is 7.52. The molecular formula is C29H37F3N4O3. The third kappa shape index (κ3) is 7.22. The quantitative estimate of drug-likeness (QED) is 0.280. The highest BCUT2D eigenvalue weighted by Gasteiger charge is 2.35. The minimum Gasteiger partial charge on any atom is -0.466 e. The number of pyridine rings is 1. The van der Waals surface area contributed by atoms with Gasteiger partial charge in [0.25, 0.3) is 0 Å². The highest BCUT2D eigenvalue weighted by Crippen LogP contribution is 2.46. The number of imidazole rings is 1. The number of halogens is 3. The van der Waals surface area contributed by atoms with Gasteiger partial charge in [-0.15, -0.1) is 13.2 Å². The lowest BCUT2D eigenvalue weighted by Crippen LogP contribution is -2.30. The number of rotatable bonds is 9. The molecule has 1 aliphatic rings. The predicted molar refractivity (Wildman–Crippen MR) is 144 cm³/mol. The van der Waals surface area contributed by atoms with Gasteiger partial charge in [-0.05, 0) is 86.3 Å². The number of aromatic nitrogens is 3. The SMILES string of the molecule is CCOC(=O)CCc1cc2nc(Nc3ccc(OC(F)(F)F)cc3)n([C@H]3C[C@@H](C)CC(C)(C)C3)c2nc1CC. The molecule has 7 nitrogen and oxygen atoms in total. The molecule has 10 heteroatoms. The van der Waals surface area contributed by atoms with Gasteiger partial charge < -0.3 is 14.8 Å². The highest BCUT2D eigenvalue weighted by atomic mass is 19.4. The molecule has 1 aliphatic carbocycles. The van der Waals surface area contributed by atoms with Crippen LogP contribution in [-0.4, -0.2) is 33.5 Å². The molecule has 0 saturated heterocycles. The lowest BCUT2D eigenvalue weighted by atomic mass is 9.70. The first kappa shape index (κ1) is 28.7. The summed E-state index contributed by atoms with van der Waals surface area (Å²) in [6.45, 7) is 11.0. The summed E-state index contributed by atoms with van der Waals surface area (Å²) in [5.41, 5.74) is 4.07. The van der Waals surface area contributed by atoms with Gasteiger partial charge >= 0.3 is 12.3 Å². The summed E-state index contributed by atoms with van der Waals surface area (Å²) in [5.74, 6) is 0.563. The molecule has 39 heavy (non-hydrogen) atoms. The number of hydrogen-bond acceptors (Lipinski definition) is 6. The largest absolute Gasteiger partial charge is 0.573 e. The molecule has 0 spiro atoms. The summed E-state index contributed by atoms with van der Waals surface area (Å²) in [6.07, 6.45) is -0.226. The van der Waals surface area contributed by atoms with E-state index in [0.29, 0.717) is 42.5 Å². The molecular weight excluding hydrogens is 509 g/mol. The number of nitrogens with one attached hydrogen (secondary N) is 1. The maximum atomic E-state index is 12.6. The normalized spacial score (nSPS) is 19.2. The molecule has 1 aromatic carbocycles. The summed E-state index contributed by atoms with van der Waals surface area (Å²) in [6, 6.07) is 7.76. The minimum absolute atomic E-state index is 0.139. The average molecular weight is 547 g/mol. The first-order valence-electron chi connectivity index (χ1n) is 13.6. The fraction of sp³-hybridized carbons (Fsp3) is 0.552. The Hall–Kier alpha value is -3.30. The summed E-state index contributed by atoms with van der Waals surface area (Å²) in [4.78, 5) is 21.9. The molecule has 2 heterocycles. The number of fused-ring (bicyclic) bond motifs is 1. The van der Waals surface area contributed by atoms with E-state index in [0.717, 1.165) is 36.2 Å². The smallest absolute Gasteiger partial charge is 0.466 e. The lowest BCUT2D eigenvalue weighted by molar-refractivity contribution is -0.274. The second-order valence-corrected chi connectivity index (χ2v) is 11.2. The Bertz CT molecular complexity index is 1300. The van der Waals surface area contributed by atoms with Crippen molar-refractivity contribution in [1.29, 1.82) is 0 Å². The lowest BCUT2D eigenvalue weighted by Gasteiger charge is -2.40. The van der Waals surface area contributed by atoms with Gasteiger partial charge in [-0.1, -0.05) is 27.7 Å². The molecule has 0 aliphatic heterocycles. The third-order valence-electron chi connectivity index (χ3n) is 7.15. The van der Waals surface area contributed by atoms with Crippen molar-refractivity contribution in [2.75, 3.05) is 11.9 Å². The van der Waals surface area contributed by atoms with Gasteiger partial charge in [-0.2, -0.15) is 0 Å². The second kappa shape index (κ2) is 11.4. The number of carbonyl (C=O) groups is 1. The Morgan fingerprint density at radius 2 is 1.87 bits per heavy atom. The molecule has 0 bridgehead atoms. The first-order chi connectivity index (χ1) is 18.4. The molecule has 0 amide bonds. The molecule has 1 fully saturated rings. The number of ether oxygens (including phenoxy) is 2. The number of benzene rings is 1. The fourth-order valence-corrected chi connectivity index (χ4v) is 5.89. The maximum absolute atomic E-state index is 12.6. The van der Waals surface area contributed by atoms with Gasteiger partial charge in [0.05, 0.1) is 6.61 Å². The number of alkyl halides is 3. The van der Waals surface area contributed by atoms with Crippen LogP contribution in [0.1, 0.15) is 77.6 Å². The van der Waals surface area contributed by atoms with E-state index >= 15 is 0 Å². The van der Waals surface area contributed by atoms with E-state index in [1.165, 1.54) is 24.3 Å². The Kier molecular flexibility index (Phi) is 8.42. The third-order valence-corrected chi connectivity index (χ3v) is 7.15. The van der Waals surface area contributed by atoms with Crippen molar-refractivity contribution in [3.05, 3.63) is 41.6 Å². The summed E-state index contributed by atoms with van der Waals surface area (Å²) >= 11 is 0. The van der Waals surface area contributed by atoms with E-state index in [2.05, 4.69) is 35.4 Å². The number of esters is 1. The zero-order valence-electron chi connectivity index (χ0n) is 23.2. The molecule has 0 radical (unpaired) electrons. The summed E-state index contributed by atoms with van der Waals surface area (Å²) in [7, 11) is 0. The van der Waals surface area contributed by atoms with E-state index in [9.17, 15) is 18.0 Å². The van der Waals surface area contributed by atoms with Crippen LogP contribution < -0.4 is 10.1 Å². The van der Waals surface area contributed by atoms with Crippen LogP contribution in [0, 0.1) is 11.3 Å². The van der Waals surface area contributed by atoms with Gasteiger partial charge in [0.1, 0.15) is 11.3 Å². The number of carbonyl (C=O) groups excluding carboxylic acids is 1. The van der Waals surface area contributed by atoms with Crippen LogP contribution in [0.3, 0.4) is 0 Å². The van der Waals surface area contributed by atoms with Gasteiger partial charge in [0, 0.05) is 23.8 Å². The number of aryl methyl sites for hydroxylation is 2. The highest BCUT2D eigenvalue weighted by molar-refractivity contribution is 5.78. The Balaban J connectivity index is 1.74. The van der Waals surface area contributed by atoms with Crippen LogP contribution in [0.4, 0.5) is 24.8 Å². The zero-order valence-corrected chi connectivity index (χ0v) is 23.2. The summed E-state index contributed by atoms with van der Waals surface area (Å²) in [5, 5.41) is 3.32. The topological polar surface area (TPSA) is 78.3 Å². The molecule has 2 aromatic heterocycles. The van der Waals surface area contributed by atoms with E-state index in [1.54, 1.807) is 6.92 Å². The first-order valence-corrected chi connectivity index (χ1v) is 13.6. The zero-order chi connectivity index (χ0) is 28.4. The molecule has 4 rings (SSSR count). The van der Waals surface area contributed by atoms with E-state index in [-0.39, 0.29) is 29.6 Å². The van der Waals surface area contributed by atoms with Crippen molar-refractivity contribution in [2.45, 2.75) is 85.5 Å². The van der Waals surface area contributed by atoms with Crippen LogP contribution in [0.2, 0.25) is 0 Å². The van der Waals surface area contributed by atoms with Crippen molar-refractivity contribution in [3.63, 3.8) is 0 Å². The second-order valence-electron chi connectivity index (χ2n) is 11.2. The van der Waals surface area contributed by atoms with Gasteiger partial charge in [-0.3, -0.25) is 9.36 Å². The summed E-state index contributed by atoms with van der Waals surface area (Å²) < 4.78 is 49.1. The number of nitrogens with zero attached hydrogens (tertiary/aromatic N) is 3. The Morgan fingerprint density at radius 1 is 1.15 bits per heavy atom. The van der Waals surface area contributed by atoms with E-state index in [1.807, 2.05) is 13.0 Å². The van der Waals surface area contributed by atoms with Gasteiger partial charge in [-0.25, -0.2) is 9.97 Å². The van der Waals surface area contributed by atoms with Crippen LogP contribution >= 0.6 is 0 Å². The Labute approximate surface area is 227 Å². The van der Waals surface area contributed by atoms with Crippen LogP contribution in [-0.2, 0) is 22.4 Å². The molecule has 1 N–H and O–H groups in total. The van der Waals surface area contributed by atoms with Crippen molar-refractivity contribution in [3.8, 4) is 5.75 Å². The molecule has 2 atom stereocenters. The van der Waals surface area contributed by atoms with Crippen molar-refractivity contribution >= 4 is 28.8 Å². The van der Waals surface area contributed by atoms with Crippen LogP contribution in [0.25, 0.3) is 11.2 Å². The maximum Gasteiger partial charge on any atom is 0.573 e. The fourth-order valence-electron chi connectivity index (χ4n) is 5.89. The van der Waals surface area contributed by atoms with Gasteiger partial charge in [0.2, 0.25) is 5.95 Å². The monoisotopic (exact) mass is 546 g/mol. The standard InChI is InChI=1S/C29H37F3N4O3/c1-6-23-19(8-13-25(37)38-7-2)15-24-26(34-23)36(21-14-18(3)16-28(4,5)17-21)27(35-24)33-20-9-11-22(12-10-20)39-29(30,31)32/h9-12,15,18,21H,6-8,13-14,16-17H2,1-5H3,(H,33,35)/t18-,21+/m1/s1. The van der Waals surface area contributed by atoms with Crippen molar-refractivity contribution in [2.24, 2.45) is 11.3 Å². The molecule has 3 aromatic rings. The minimum atomic E-state index is -4.75. The number of hydrogen-bond donors (Lipinski definition) is 1. The van der Waals surface area contributed by atoms with E-state index < -0.39 is 6.36 Å². The average Bonchev–Trinajstić information content (AvgIpc) is 3.17. The van der Waals surface area contributed by atoms with Crippen molar-refractivity contribution < 1.29 is 27.4 Å². The molecule has 212 valence electrons. The van der Waals surface area contributed by atoms with Crippen LogP contribution in [0.5, 0.6) is 5.75 Å². The van der Waals surface area contributed by atoms with E-state index in [4.69, 9.17) is 14.7 Å².